The number of carbonyl (C=O) groups excluding carboxylic acids is 2. The smallest absolute Gasteiger partial charge is 0.362 e. The summed E-state index contributed by atoms with van der Waals surface area (Å²) in [6.07, 6.45) is 0. The fraction of sp³-hybridized carbons (Fsp3) is 0.143. The molecule has 2 aromatic carbocycles. The van der Waals surface area contributed by atoms with E-state index in [2.05, 4.69) is 26.3 Å². The van der Waals surface area contributed by atoms with Gasteiger partial charge in [0.05, 0.1) is 18.4 Å². The zero-order valence-corrected chi connectivity index (χ0v) is 17.9. The van der Waals surface area contributed by atoms with Crippen LogP contribution in [0.1, 0.15) is 17.4 Å². The summed E-state index contributed by atoms with van der Waals surface area (Å²) in [4.78, 5) is 37.1. The SMILES string of the molecule is CCOC(=O)c1nn(-c2cccc(Br)c2)c(=O)cc1OCC(=O)Nc1ccc(F)cc1. The number of esters is 1. The van der Waals surface area contributed by atoms with Crippen LogP contribution >= 0.6 is 15.9 Å². The number of benzene rings is 2. The minimum atomic E-state index is -0.805. The highest BCUT2D eigenvalue weighted by molar-refractivity contribution is 9.10. The predicted octanol–water partition coefficient (Wildman–Crippen LogP) is 3.33. The van der Waals surface area contributed by atoms with E-state index in [-0.39, 0.29) is 18.1 Å². The zero-order chi connectivity index (χ0) is 22.4. The van der Waals surface area contributed by atoms with Gasteiger partial charge in [0.1, 0.15) is 5.82 Å². The van der Waals surface area contributed by atoms with Crippen molar-refractivity contribution in [3.8, 4) is 11.4 Å². The Balaban J connectivity index is 1.85. The molecule has 0 bridgehead atoms. The third-order valence-electron chi connectivity index (χ3n) is 3.91. The Bertz CT molecular complexity index is 1160. The Kier molecular flexibility index (Phi) is 7.14. The van der Waals surface area contributed by atoms with Gasteiger partial charge in [-0.3, -0.25) is 9.59 Å². The number of aromatic nitrogens is 2. The number of rotatable bonds is 7. The van der Waals surface area contributed by atoms with E-state index in [0.717, 1.165) is 10.7 Å². The first-order valence-electron chi connectivity index (χ1n) is 9.13. The molecule has 0 radical (unpaired) electrons. The van der Waals surface area contributed by atoms with E-state index in [1.165, 1.54) is 24.3 Å². The second-order valence-electron chi connectivity index (χ2n) is 6.15. The molecule has 0 saturated heterocycles. The van der Waals surface area contributed by atoms with Crippen molar-refractivity contribution in [2.24, 2.45) is 0 Å². The van der Waals surface area contributed by atoms with E-state index in [1.807, 2.05) is 0 Å². The fourth-order valence-electron chi connectivity index (χ4n) is 2.56. The minimum Gasteiger partial charge on any atom is -0.481 e. The highest BCUT2D eigenvalue weighted by atomic mass is 79.9. The molecule has 0 aliphatic rings. The van der Waals surface area contributed by atoms with Crippen LogP contribution in [0.5, 0.6) is 5.75 Å². The van der Waals surface area contributed by atoms with E-state index < -0.39 is 29.9 Å². The number of ether oxygens (including phenoxy) is 2. The Morgan fingerprint density at radius 1 is 1.16 bits per heavy atom. The van der Waals surface area contributed by atoms with Crippen LogP contribution in [0.3, 0.4) is 0 Å². The monoisotopic (exact) mass is 489 g/mol. The third kappa shape index (κ3) is 5.76. The molecule has 0 spiro atoms. The van der Waals surface area contributed by atoms with Crippen molar-refractivity contribution in [3.05, 3.63) is 80.9 Å². The van der Waals surface area contributed by atoms with Gasteiger partial charge in [0.15, 0.2) is 12.4 Å². The standard InChI is InChI=1S/C21H17BrFN3O5/c1-2-30-21(29)20-17(31-12-18(27)24-15-8-6-14(23)7-9-15)11-19(28)26(25-20)16-5-3-4-13(22)10-16/h3-11H,2,12H2,1H3,(H,24,27). The van der Waals surface area contributed by atoms with Gasteiger partial charge >= 0.3 is 5.97 Å². The number of amides is 1. The largest absolute Gasteiger partial charge is 0.481 e. The number of nitrogens with one attached hydrogen (secondary N) is 1. The van der Waals surface area contributed by atoms with Gasteiger partial charge in [0, 0.05) is 10.2 Å². The number of carbonyl (C=O) groups is 2. The van der Waals surface area contributed by atoms with Crippen molar-refractivity contribution >= 4 is 33.5 Å². The van der Waals surface area contributed by atoms with Crippen molar-refractivity contribution in [1.82, 2.24) is 9.78 Å². The summed E-state index contributed by atoms with van der Waals surface area (Å²) in [5.74, 6) is -2.01. The average molecular weight is 490 g/mol. The van der Waals surface area contributed by atoms with Crippen LogP contribution in [-0.4, -0.2) is 34.9 Å². The van der Waals surface area contributed by atoms with Gasteiger partial charge in [0.2, 0.25) is 5.69 Å². The summed E-state index contributed by atoms with van der Waals surface area (Å²) in [5, 5.41) is 6.60. The van der Waals surface area contributed by atoms with E-state index in [9.17, 15) is 18.8 Å². The Hall–Kier alpha value is -3.53. The molecule has 0 unspecified atom stereocenters. The maximum atomic E-state index is 13.0. The normalized spacial score (nSPS) is 10.4. The summed E-state index contributed by atoms with van der Waals surface area (Å²) < 4.78 is 25.1. The lowest BCUT2D eigenvalue weighted by Crippen LogP contribution is -2.27. The van der Waals surface area contributed by atoms with Gasteiger partial charge in [-0.15, -0.1) is 0 Å². The number of nitrogens with zero attached hydrogens (tertiary/aromatic N) is 2. The molecule has 1 aromatic heterocycles. The Morgan fingerprint density at radius 3 is 2.58 bits per heavy atom. The second kappa shape index (κ2) is 9.98. The maximum Gasteiger partial charge on any atom is 0.362 e. The van der Waals surface area contributed by atoms with E-state index >= 15 is 0 Å². The van der Waals surface area contributed by atoms with Gasteiger partial charge in [0.25, 0.3) is 11.5 Å². The van der Waals surface area contributed by atoms with Crippen molar-refractivity contribution in [2.45, 2.75) is 6.92 Å². The molecule has 0 saturated carbocycles. The molecule has 0 aliphatic heterocycles. The molecule has 1 amide bonds. The molecule has 31 heavy (non-hydrogen) atoms. The molecule has 10 heteroatoms. The maximum absolute atomic E-state index is 13.0. The number of hydrogen-bond acceptors (Lipinski definition) is 6. The average Bonchev–Trinajstić information content (AvgIpc) is 2.74. The first-order chi connectivity index (χ1) is 14.9. The third-order valence-corrected chi connectivity index (χ3v) is 4.40. The Morgan fingerprint density at radius 2 is 1.90 bits per heavy atom. The summed E-state index contributed by atoms with van der Waals surface area (Å²) in [7, 11) is 0. The molecule has 1 heterocycles. The van der Waals surface area contributed by atoms with Gasteiger partial charge in [-0.05, 0) is 49.4 Å². The van der Waals surface area contributed by atoms with Crippen LogP contribution in [0.25, 0.3) is 5.69 Å². The number of anilines is 1. The van der Waals surface area contributed by atoms with E-state index in [4.69, 9.17) is 9.47 Å². The van der Waals surface area contributed by atoms with Crippen LogP contribution in [0.2, 0.25) is 0 Å². The van der Waals surface area contributed by atoms with Gasteiger partial charge in [-0.2, -0.15) is 9.78 Å². The molecule has 3 rings (SSSR count). The number of hydrogen-bond donors (Lipinski definition) is 1. The predicted molar refractivity (Wildman–Crippen MR) is 114 cm³/mol. The van der Waals surface area contributed by atoms with Crippen LogP contribution in [0.4, 0.5) is 10.1 Å². The fourth-order valence-corrected chi connectivity index (χ4v) is 2.94. The molecular weight excluding hydrogens is 473 g/mol. The lowest BCUT2D eigenvalue weighted by molar-refractivity contribution is -0.118. The highest BCUT2D eigenvalue weighted by Gasteiger charge is 2.20. The van der Waals surface area contributed by atoms with Gasteiger partial charge < -0.3 is 14.8 Å². The minimum absolute atomic E-state index is 0.0843. The molecule has 160 valence electrons. The van der Waals surface area contributed by atoms with Crippen LogP contribution in [-0.2, 0) is 9.53 Å². The van der Waals surface area contributed by atoms with Gasteiger partial charge in [-0.25, -0.2) is 9.18 Å². The van der Waals surface area contributed by atoms with Crippen molar-refractivity contribution in [1.29, 1.82) is 0 Å². The summed E-state index contributed by atoms with van der Waals surface area (Å²) in [5.41, 5.74) is -0.0366. The second-order valence-corrected chi connectivity index (χ2v) is 7.07. The van der Waals surface area contributed by atoms with E-state index in [1.54, 1.807) is 31.2 Å². The zero-order valence-electron chi connectivity index (χ0n) is 16.3. The summed E-state index contributed by atoms with van der Waals surface area (Å²) in [6, 6.07) is 13.0. The van der Waals surface area contributed by atoms with Crippen molar-refractivity contribution < 1.29 is 23.5 Å². The highest BCUT2D eigenvalue weighted by Crippen LogP contribution is 2.18. The lowest BCUT2D eigenvalue weighted by atomic mass is 10.3. The quantitative estimate of drug-likeness (QED) is 0.511. The molecule has 0 aliphatic carbocycles. The lowest BCUT2D eigenvalue weighted by Gasteiger charge is -2.13. The molecule has 8 nitrogen and oxygen atoms in total. The summed E-state index contributed by atoms with van der Waals surface area (Å²) in [6.45, 7) is 1.20. The molecule has 0 fully saturated rings. The number of halogens is 2. The molecule has 3 aromatic rings. The van der Waals surface area contributed by atoms with Gasteiger partial charge in [-0.1, -0.05) is 22.0 Å². The summed E-state index contributed by atoms with van der Waals surface area (Å²) >= 11 is 3.32. The first kappa shape index (κ1) is 22.2. The molecule has 1 N–H and O–H groups in total. The van der Waals surface area contributed by atoms with Crippen LogP contribution in [0, 0.1) is 5.82 Å². The van der Waals surface area contributed by atoms with E-state index in [0.29, 0.717) is 15.8 Å². The molecular formula is C21H17BrFN3O5. The topological polar surface area (TPSA) is 99.5 Å². The first-order valence-corrected chi connectivity index (χ1v) is 9.92. The molecule has 0 atom stereocenters. The van der Waals surface area contributed by atoms with Crippen molar-refractivity contribution in [3.63, 3.8) is 0 Å². The van der Waals surface area contributed by atoms with Crippen LogP contribution < -0.4 is 15.6 Å². The van der Waals surface area contributed by atoms with Crippen molar-refractivity contribution in [2.75, 3.05) is 18.5 Å². The van der Waals surface area contributed by atoms with Crippen LogP contribution in [0.15, 0.2) is 63.9 Å². The Labute approximate surface area is 184 Å².